The fourth-order valence-corrected chi connectivity index (χ4v) is 4.07. The highest BCUT2D eigenvalue weighted by Crippen LogP contribution is 2.31. The van der Waals surface area contributed by atoms with Gasteiger partial charge < -0.3 is 4.74 Å². The zero-order chi connectivity index (χ0) is 14.8. The summed E-state index contributed by atoms with van der Waals surface area (Å²) in [6.07, 6.45) is 4.17. The largest absolute Gasteiger partial charge is 0.489 e. The molecule has 1 saturated carbocycles. The molecule has 20 heavy (non-hydrogen) atoms. The lowest BCUT2D eigenvalue weighted by Gasteiger charge is -2.28. The fraction of sp³-hybridized carbons (Fsp3) is 0.571. The third kappa shape index (κ3) is 4.03. The molecule has 1 aliphatic carbocycles. The molecule has 2 rings (SSSR count). The van der Waals surface area contributed by atoms with E-state index in [1.54, 1.807) is 12.1 Å². The van der Waals surface area contributed by atoms with Crippen molar-refractivity contribution in [3.63, 3.8) is 0 Å². The smallest absolute Gasteiger partial charge is 0.150 e. The second-order valence-electron chi connectivity index (χ2n) is 5.26. The zero-order valence-corrected chi connectivity index (χ0v) is 13.6. The molecule has 1 aliphatic rings. The third-order valence-corrected chi connectivity index (χ3v) is 5.87. The van der Waals surface area contributed by atoms with E-state index in [2.05, 4.69) is 0 Å². The minimum absolute atomic E-state index is 0.0946. The van der Waals surface area contributed by atoms with E-state index in [9.17, 15) is 8.42 Å². The van der Waals surface area contributed by atoms with E-state index in [1.807, 2.05) is 6.07 Å². The van der Waals surface area contributed by atoms with Gasteiger partial charge in [-0.1, -0.05) is 17.7 Å². The van der Waals surface area contributed by atoms with Gasteiger partial charge in [0.25, 0.3) is 0 Å². The van der Waals surface area contributed by atoms with Crippen LogP contribution in [0.4, 0.5) is 0 Å². The maximum Gasteiger partial charge on any atom is 0.150 e. The Morgan fingerprint density at radius 3 is 2.70 bits per heavy atom. The van der Waals surface area contributed by atoms with Crippen LogP contribution in [0.15, 0.2) is 18.2 Å². The summed E-state index contributed by atoms with van der Waals surface area (Å²) in [6, 6.07) is 5.44. The van der Waals surface area contributed by atoms with E-state index in [0.29, 0.717) is 23.1 Å². The summed E-state index contributed by atoms with van der Waals surface area (Å²) in [5.74, 6) is 0.999. The van der Waals surface area contributed by atoms with Gasteiger partial charge in [-0.15, -0.1) is 11.6 Å². The lowest BCUT2D eigenvalue weighted by atomic mass is 9.97. The first kappa shape index (κ1) is 15.9. The molecular weight excluding hydrogens is 319 g/mol. The molecular formula is C14H18Cl2O3S. The maximum absolute atomic E-state index is 11.6. The summed E-state index contributed by atoms with van der Waals surface area (Å²) in [5.41, 5.74) is 0.932. The highest BCUT2D eigenvalue weighted by atomic mass is 35.5. The second-order valence-corrected chi connectivity index (χ2v) is 8.26. The summed E-state index contributed by atoms with van der Waals surface area (Å²) in [5, 5.41) is 0.215. The van der Waals surface area contributed by atoms with Crippen LogP contribution in [0.1, 0.15) is 31.2 Å². The predicted octanol–water partition coefficient (Wildman–Crippen LogP) is 3.81. The van der Waals surface area contributed by atoms with Crippen molar-refractivity contribution in [1.82, 2.24) is 0 Å². The first-order valence-corrected chi connectivity index (χ1v) is 9.46. The number of benzene rings is 1. The van der Waals surface area contributed by atoms with Crippen LogP contribution in [-0.4, -0.2) is 26.0 Å². The standard InChI is InChI=1S/C14H18Cl2O3S/c1-20(17,18)12-4-2-3-11(8-12)19-14-6-5-10(9-15)7-13(14)16/h5-7,11-12H,2-4,8-9H2,1H3. The van der Waals surface area contributed by atoms with Gasteiger partial charge >= 0.3 is 0 Å². The summed E-state index contributed by atoms with van der Waals surface area (Å²) in [7, 11) is -3.00. The molecule has 1 aromatic carbocycles. The van der Waals surface area contributed by atoms with Crippen LogP contribution >= 0.6 is 23.2 Å². The zero-order valence-electron chi connectivity index (χ0n) is 11.3. The molecule has 0 N–H and O–H groups in total. The van der Waals surface area contributed by atoms with Gasteiger partial charge in [0, 0.05) is 18.6 Å². The molecule has 2 atom stereocenters. The van der Waals surface area contributed by atoms with E-state index < -0.39 is 9.84 Å². The van der Waals surface area contributed by atoms with Crippen molar-refractivity contribution in [1.29, 1.82) is 0 Å². The lowest BCUT2D eigenvalue weighted by molar-refractivity contribution is 0.156. The number of alkyl halides is 1. The Hall–Kier alpha value is -0.450. The SMILES string of the molecule is CS(=O)(=O)C1CCCC(Oc2ccc(CCl)cc2Cl)C1. The van der Waals surface area contributed by atoms with Crippen LogP contribution in [0.25, 0.3) is 0 Å². The monoisotopic (exact) mass is 336 g/mol. The van der Waals surface area contributed by atoms with Gasteiger partial charge in [0.2, 0.25) is 0 Å². The Kier molecular flexibility index (Phi) is 5.21. The van der Waals surface area contributed by atoms with Crippen molar-refractivity contribution < 1.29 is 13.2 Å². The molecule has 0 bridgehead atoms. The van der Waals surface area contributed by atoms with Gasteiger partial charge in [-0.25, -0.2) is 8.42 Å². The molecule has 3 nitrogen and oxygen atoms in total. The quantitative estimate of drug-likeness (QED) is 0.785. The number of halogens is 2. The summed E-state index contributed by atoms with van der Waals surface area (Å²) >= 11 is 11.9. The molecule has 1 aromatic rings. The Morgan fingerprint density at radius 1 is 1.35 bits per heavy atom. The summed E-state index contributed by atoms with van der Waals surface area (Å²) in [4.78, 5) is 0. The number of hydrogen-bond acceptors (Lipinski definition) is 3. The van der Waals surface area contributed by atoms with E-state index in [4.69, 9.17) is 27.9 Å². The van der Waals surface area contributed by atoms with Crippen LogP contribution < -0.4 is 4.74 Å². The maximum atomic E-state index is 11.6. The Morgan fingerprint density at radius 2 is 2.10 bits per heavy atom. The molecule has 0 spiro atoms. The first-order chi connectivity index (χ1) is 9.40. The van der Waals surface area contributed by atoms with Gasteiger partial charge in [0.15, 0.2) is 0 Å². The van der Waals surface area contributed by atoms with Crippen LogP contribution in [0, 0.1) is 0 Å². The van der Waals surface area contributed by atoms with Crippen LogP contribution in [0.2, 0.25) is 5.02 Å². The lowest BCUT2D eigenvalue weighted by Crippen LogP contribution is -2.33. The third-order valence-electron chi connectivity index (χ3n) is 3.63. The van der Waals surface area contributed by atoms with Gasteiger partial charge in [-0.3, -0.25) is 0 Å². The van der Waals surface area contributed by atoms with Crippen molar-refractivity contribution in [3.8, 4) is 5.75 Å². The first-order valence-electron chi connectivity index (χ1n) is 6.60. The van der Waals surface area contributed by atoms with E-state index in [0.717, 1.165) is 24.8 Å². The number of sulfone groups is 1. The molecule has 0 radical (unpaired) electrons. The van der Waals surface area contributed by atoms with Crippen molar-refractivity contribution >= 4 is 33.0 Å². The number of hydrogen-bond donors (Lipinski definition) is 0. The van der Waals surface area contributed by atoms with Gasteiger partial charge in [0.1, 0.15) is 21.7 Å². The van der Waals surface area contributed by atoms with Crippen molar-refractivity contribution in [2.24, 2.45) is 0 Å². The molecule has 112 valence electrons. The predicted molar refractivity (Wildman–Crippen MR) is 82.5 cm³/mol. The average molecular weight is 337 g/mol. The van der Waals surface area contributed by atoms with Crippen molar-refractivity contribution in [2.75, 3.05) is 6.26 Å². The summed E-state index contributed by atoms with van der Waals surface area (Å²) in [6.45, 7) is 0. The number of rotatable bonds is 4. The minimum Gasteiger partial charge on any atom is -0.489 e. The normalized spacial score (nSPS) is 23.6. The van der Waals surface area contributed by atoms with E-state index >= 15 is 0 Å². The number of ether oxygens (including phenoxy) is 1. The van der Waals surface area contributed by atoms with Crippen molar-refractivity contribution in [3.05, 3.63) is 28.8 Å². The molecule has 0 heterocycles. The molecule has 2 unspecified atom stereocenters. The highest BCUT2D eigenvalue weighted by molar-refractivity contribution is 7.91. The van der Waals surface area contributed by atoms with Crippen LogP contribution in [0.5, 0.6) is 5.75 Å². The summed E-state index contributed by atoms with van der Waals surface area (Å²) < 4.78 is 29.1. The van der Waals surface area contributed by atoms with Crippen molar-refractivity contribution in [2.45, 2.75) is 42.9 Å². The van der Waals surface area contributed by atoms with Gasteiger partial charge in [-0.2, -0.15) is 0 Å². The molecule has 0 aliphatic heterocycles. The van der Waals surface area contributed by atoms with Gasteiger partial charge in [-0.05, 0) is 37.0 Å². The molecule has 0 amide bonds. The Balaban J connectivity index is 2.06. The Labute approximate surface area is 130 Å². The van der Waals surface area contributed by atoms with Crippen LogP contribution in [0.3, 0.4) is 0 Å². The van der Waals surface area contributed by atoms with E-state index in [-0.39, 0.29) is 11.4 Å². The second kappa shape index (κ2) is 6.54. The average Bonchev–Trinajstić information content (AvgIpc) is 2.40. The van der Waals surface area contributed by atoms with Crippen LogP contribution in [-0.2, 0) is 15.7 Å². The topological polar surface area (TPSA) is 43.4 Å². The molecule has 6 heteroatoms. The highest BCUT2D eigenvalue weighted by Gasteiger charge is 2.30. The van der Waals surface area contributed by atoms with Gasteiger partial charge in [0.05, 0.1) is 10.3 Å². The molecule has 1 fully saturated rings. The molecule has 0 saturated heterocycles. The minimum atomic E-state index is -3.00. The van der Waals surface area contributed by atoms with E-state index in [1.165, 1.54) is 6.26 Å². The fourth-order valence-electron chi connectivity index (χ4n) is 2.50. The molecule has 0 aromatic heterocycles. The Bertz CT molecular complexity index is 572.